The second kappa shape index (κ2) is 7.11. The molecule has 0 radical (unpaired) electrons. The second-order valence-electron chi connectivity index (χ2n) is 7.96. The average molecular weight is 341 g/mol. The summed E-state index contributed by atoms with van der Waals surface area (Å²) in [6.07, 6.45) is 0.554. The Balaban J connectivity index is 2.69. The number of phenolic OH excluding ortho intramolecular Hbond substituents is 2. The Morgan fingerprint density at radius 3 is 1.28 bits per heavy atom. The number of phenols is 2. The first-order chi connectivity index (χ1) is 11.6. The molecule has 2 aromatic carbocycles. The van der Waals surface area contributed by atoms with Crippen molar-refractivity contribution in [2.75, 3.05) is 0 Å². The lowest BCUT2D eigenvalue weighted by atomic mass is 9.86. The van der Waals surface area contributed by atoms with Gasteiger partial charge >= 0.3 is 0 Å². The Kier molecular flexibility index (Phi) is 5.51. The van der Waals surface area contributed by atoms with Gasteiger partial charge in [0.15, 0.2) is 0 Å². The van der Waals surface area contributed by atoms with Gasteiger partial charge in [0.1, 0.15) is 11.5 Å². The molecular weight excluding hydrogens is 308 g/mol. The van der Waals surface area contributed by atoms with Gasteiger partial charge in [0.2, 0.25) is 0 Å². The molecule has 0 saturated heterocycles. The number of aryl methyl sites for hydroxylation is 2. The summed E-state index contributed by atoms with van der Waals surface area (Å²) in [4.78, 5) is 0. The average Bonchev–Trinajstić information content (AvgIpc) is 2.53. The molecule has 0 spiro atoms. The normalized spacial score (nSPS) is 11.6. The highest BCUT2D eigenvalue weighted by Gasteiger charge is 2.20. The first-order valence-electron chi connectivity index (χ1n) is 9.20. The van der Waals surface area contributed by atoms with Crippen LogP contribution in [0.4, 0.5) is 0 Å². The van der Waals surface area contributed by atoms with Crippen molar-refractivity contribution < 1.29 is 10.2 Å². The molecule has 0 aliphatic rings. The van der Waals surface area contributed by atoms with Crippen LogP contribution >= 0.6 is 0 Å². The predicted molar refractivity (Wildman–Crippen MR) is 106 cm³/mol. The molecule has 136 valence electrons. The van der Waals surface area contributed by atoms with Gasteiger partial charge in [-0.25, -0.2) is 0 Å². The highest BCUT2D eigenvalue weighted by Crippen LogP contribution is 2.39. The van der Waals surface area contributed by atoms with Crippen LogP contribution in [0, 0.1) is 27.7 Å². The van der Waals surface area contributed by atoms with Crippen molar-refractivity contribution in [3.63, 3.8) is 0 Å². The molecule has 0 aromatic heterocycles. The molecule has 0 saturated carbocycles. The van der Waals surface area contributed by atoms with Gasteiger partial charge in [-0.3, -0.25) is 0 Å². The third-order valence-electron chi connectivity index (χ3n) is 5.55. The molecule has 2 rings (SSSR count). The van der Waals surface area contributed by atoms with E-state index in [-0.39, 0.29) is 11.8 Å². The van der Waals surface area contributed by atoms with Gasteiger partial charge in [-0.05, 0) is 72.9 Å². The van der Waals surface area contributed by atoms with Crippen molar-refractivity contribution in [3.8, 4) is 11.5 Å². The molecule has 0 fully saturated rings. The molecule has 0 atom stereocenters. The third kappa shape index (κ3) is 3.53. The van der Waals surface area contributed by atoms with Gasteiger partial charge in [-0.15, -0.1) is 0 Å². The molecule has 2 N–H and O–H groups in total. The smallest absolute Gasteiger partial charge is 0.122 e. The molecule has 0 unspecified atom stereocenters. The fourth-order valence-electron chi connectivity index (χ4n) is 3.49. The molecule has 0 bridgehead atoms. The Hall–Kier alpha value is -1.96. The second-order valence-corrected chi connectivity index (χ2v) is 7.96. The van der Waals surface area contributed by atoms with Crippen LogP contribution in [0.5, 0.6) is 11.5 Å². The maximum atomic E-state index is 10.9. The van der Waals surface area contributed by atoms with Crippen molar-refractivity contribution in [1.82, 2.24) is 0 Å². The molecular formula is C23H32O2. The summed E-state index contributed by atoms with van der Waals surface area (Å²) in [5.41, 5.74) is 8.40. The molecule has 2 nitrogen and oxygen atoms in total. The van der Waals surface area contributed by atoms with E-state index in [2.05, 4.69) is 67.5 Å². The van der Waals surface area contributed by atoms with Crippen LogP contribution in [0.15, 0.2) is 12.1 Å². The molecule has 2 aromatic rings. The van der Waals surface area contributed by atoms with Crippen LogP contribution < -0.4 is 0 Å². The van der Waals surface area contributed by atoms with Crippen molar-refractivity contribution in [2.45, 2.75) is 73.6 Å². The lowest BCUT2D eigenvalue weighted by molar-refractivity contribution is 0.451. The lowest BCUT2D eigenvalue weighted by Gasteiger charge is -2.21. The quantitative estimate of drug-likeness (QED) is 0.699. The zero-order valence-electron chi connectivity index (χ0n) is 16.9. The van der Waals surface area contributed by atoms with Gasteiger partial charge in [-0.2, -0.15) is 0 Å². The summed E-state index contributed by atoms with van der Waals surface area (Å²) in [7, 11) is 0. The zero-order valence-corrected chi connectivity index (χ0v) is 16.9. The van der Waals surface area contributed by atoms with E-state index in [1.54, 1.807) is 0 Å². The summed E-state index contributed by atoms with van der Waals surface area (Å²) < 4.78 is 0. The predicted octanol–water partition coefficient (Wildman–Crippen LogP) is 6.17. The van der Waals surface area contributed by atoms with Gasteiger partial charge < -0.3 is 10.2 Å². The fourth-order valence-corrected chi connectivity index (χ4v) is 3.49. The summed E-state index contributed by atoms with van der Waals surface area (Å²) in [5, 5.41) is 21.7. The Morgan fingerprint density at radius 2 is 1.00 bits per heavy atom. The largest absolute Gasteiger partial charge is 0.507 e. The summed E-state index contributed by atoms with van der Waals surface area (Å²) >= 11 is 0. The number of aromatic hydroxyl groups is 2. The van der Waals surface area contributed by atoms with E-state index < -0.39 is 0 Å². The van der Waals surface area contributed by atoms with Crippen molar-refractivity contribution in [2.24, 2.45) is 0 Å². The first kappa shape index (κ1) is 19.4. The SMILES string of the molecule is Cc1cc(C(C)C)c(O)c(Cc2c(C)c(C)cc(C(C)C)c2O)c1C. The van der Waals surface area contributed by atoms with E-state index in [1.165, 1.54) is 11.1 Å². The molecule has 2 heteroatoms. The molecule has 0 aliphatic heterocycles. The van der Waals surface area contributed by atoms with Gasteiger partial charge in [0, 0.05) is 17.5 Å². The van der Waals surface area contributed by atoms with E-state index in [1.807, 2.05) is 0 Å². The zero-order chi connectivity index (χ0) is 19.0. The summed E-state index contributed by atoms with van der Waals surface area (Å²) in [6, 6.07) is 4.17. The number of rotatable bonds is 4. The van der Waals surface area contributed by atoms with E-state index in [0.29, 0.717) is 17.9 Å². The summed E-state index contributed by atoms with van der Waals surface area (Å²) in [5.74, 6) is 1.28. The van der Waals surface area contributed by atoms with E-state index in [0.717, 1.165) is 33.4 Å². The van der Waals surface area contributed by atoms with Crippen molar-refractivity contribution >= 4 is 0 Å². The van der Waals surface area contributed by atoms with Gasteiger partial charge in [-0.1, -0.05) is 39.8 Å². The number of benzene rings is 2. The maximum absolute atomic E-state index is 10.9. The minimum Gasteiger partial charge on any atom is -0.507 e. The highest BCUT2D eigenvalue weighted by atomic mass is 16.3. The fraction of sp³-hybridized carbons (Fsp3) is 0.478. The van der Waals surface area contributed by atoms with Crippen LogP contribution in [0.25, 0.3) is 0 Å². The Morgan fingerprint density at radius 1 is 0.680 bits per heavy atom. The minimum atomic E-state index is 0.261. The first-order valence-corrected chi connectivity index (χ1v) is 9.20. The van der Waals surface area contributed by atoms with Crippen LogP contribution in [0.2, 0.25) is 0 Å². The molecule has 0 aliphatic carbocycles. The van der Waals surface area contributed by atoms with E-state index in [4.69, 9.17) is 0 Å². The highest BCUT2D eigenvalue weighted by molar-refractivity contribution is 5.57. The van der Waals surface area contributed by atoms with Crippen LogP contribution in [-0.2, 0) is 6.42 Å². The molecule has 25 heavy (non-hydrogen) atoms. The lowest BCUT2D eigenvalue weighted by Crippen LogP contribution is -2.04. The monoisotopic (exact) mass is 340 g/mol. The van der Waals surface area contributed by atoms with Crippen LogP contribution in [-0.4, -0.2) is 10.2 Å². The summed E-state index contributed by atoms with van der Waals surface area (Å²) in [6.45, 7) is 16.7. The van der Waals surface area contributed by atoms with Crippen molar-refractivity contribution in [1.29, 1.82) is 0 Å². The number of hydrogen-bond acceptors (Lipinski definition) is 2. The molecule has 0 amide bonds. The Bertz CT molecular complexity index is 731. The van der Waals surface area contributed by atoms with Crippen molar-refractivity contribution in [3.05, 3.63) is 56.6 Å². The maximum Gasteiger partial charge on any atom is 0.122 e. The standard InChI is InChI=1S/C23H32O2/c1-12(2)18-9-14(5)16(7)20(22(18)24)11-21-17(8)15(6)10-19(13(3)4)23(21)25/h9-10,12-13,24-25H,11H2,1-8H3. The number of hydrogen-bond donors (Lipinski definition) is 2. The van der Waals surface area contributed by atoms with Crippen LogP contribution in [0.1, 0.15) is 84.0 Å². The van der Waals surface area contributed by atoms with E-state index >= 15 is 0 Å². The third-order valence-corrected chi connectivity index (χ3v) is 5.55. The van der Waals surface area contributed by atoms with Gasteiger partial charge in [0.05, 0.1) is 0 Å². The Labute approximate surface area is 152 Å². The van der Waals surface area contributed by atoms with E-state index in [9.17, 15) is 10.2 Å². The van der Waals surface area contributed by atoms with Crippen LogP contribution in [0.3, 0.4) is 0 Å². The topological polar surface area (TPSA) is 40.5 Å². The van der Waals surface area contributed by atoms with Gasteiger partial charge in [0.25, 0.3) is 0 Å². The molecule has 0 heterocycles. The minimum absolute atomic E-state index is 0.261.